The average molecular weight is 669 g/mol. The summed E-state index contributed by atoms with van der Waals surface area (Å²) < 4.78 is 0. The van der Waals surface area contributed by atoms with E-state index in [-0.39, 0.29) is 33.6 Å². The van der Waals surface area contributed by atoms with Crippen LogP contribution in [0.3, 0.4) is 0 Å². The van der Waals surface area contributed by atoms with Crippen LogP contribution in [0.2, 0.25) is 0 Å². The molecule has 3 aliphatic carbocycles. The van der Waals surface area contributed by atoms with Gasteiger partial charge in [-0.3, -0.25) is 4.90 Å². The minimum atomic E-state index is -0.151. The van der Waals surface area contributed by atoms with Gasteiger partial charge in [-0.15, -0.1) is 0 Å². The van der Waals surface area contributed by atoms with Crippen molar-refractivity contribution in [1.82, 2.24) is 4.90 Å². The van der Waals surface area contributed by atoms with E-state index in [2.05, 4.69) is 80.0 Å². The first-order valence-corrected chi connectivity index (χ1v) is 17.2. The number of likely N-dealkylation sites (N-methyl/N-ethyl adjacent to an activating group) is 1. The van der Waals surface area contributed by atoms with Crippen LogP contribution in [0.5, 0.6) is 0 Å². The first kappa shape index (κ1) is 32.9. The van der Waals surface area contributed by atoms with Crippen molar-refractivity contribution in [3.8, 4) is 11.1 Å². The molecule has 1 atom stereocenters. The zero-order chi connectivity index (χ0) is 28.5. The van der Waals surface area contributed by atoms with Crippen molar-refractivity contribution in [1.29, 1.82) is 0 Å². The number of rotatable bonds is 6. The van der Waals surface area contributed by atoms with Gasteiger partial charge in [-0.25, -0.2) is 0 Å². The molecule has 3 aromatic carbocycles. The largest absolute Gasteiger partial charge is 0.398 e. The van der Waals surface area contributed by atoms with Gasteiger partial charge in [0.2, 0.25) is 0 Å². The Morgan fingerprint density at radius 1 is 0.738 bits per heavy atom. The van der Waals surface area contributed by atoms with E-state index in [4.69, 9.17) is 5.73 Å². The van der Waals surface area contributed by atoms with E-state index in [1.54, 1.807) is 5.57 Å². The quantitative estimate of drug-likeness (QED) is 0.161. The summed E-state index contributed by atoms with van der Waals surface area (Å²) in [6.07, 6.45) is 24.1. The molecular weight excluding hydrogens is 622 g/mol. The maximum atomic E-state index is 5.83. The first-order chi connectivity index (χ1) is 20.1. The van der Waals surface area contributed by atoms with E-state index in [0.29, 0.717) is 0 Å². The van der Waals surface area contributed by atoms with Gasteiger partial charge in [0.25, 0.3) is 0 Å². The predicted molar refractivity (Wildman–Crippen MR) is 180 cm³/mol. The van der Waals surface area contributed by atoms with Crippen LogP contribution >= 0.6 is 7.92 Å². The number of allylic oxidation sites excluding steroid dienone is 2. The molecule has 42 heavy (non-hydrogen) atoms. The summed E-state index contributed by atoms with van der Waals surface area (Å²) in [6, 6.07) is 30.0. The van der Waals surface area contributed by atoms with Crippen molar-refractivity contribution in [2.75, 3.05) is 19.8 Å². The zero-order valence-electron chi connectivity index (χ0n) is 25.3. The minimum absolute atomic E-state index is 0. The van der Waals surface area contributed by atoms with Gasteiger partial charge in [-0.05, 0) is 79.9 Å². The summed E-state index contributed by atoms with van der Waals surface area (Å²) in [6.45, 7) is 0. The number of benzene rings is 3. The van der Waals surface area contributed by atoms with Gasteiger partial charge in [0.15, 0.2) is 0 Å². The van der Waals surface area contributed by atoms with Crippen molar-refractivity contribution in [3.63, 3.8) is 0 Å². The number of hydrogen-bond donors (Lipinski definition) is 1. The average Bonchev–Trinajstić information content (AvgIpc) is 3.04. The van der Waals surface area contributed by atoms with Crippen molar-refractivity contribution in [3.05, 3.63) is 115 Å². The molecule has 3 aliphatic rings. The molecule has 224 valence electrons. The number of anilines is 1. The van der Waals surface area contributed by atoms with Gasteiger partial charge in [0.1, 0.15) is 0 Å². The second-order valence-corrected chi connectivity index (χ2v) is 14.9. The fourth-order valence-electron chi connectivity index (χ4n) is 7.20. The molecule has 2 nitrogen and oxygen atoms in total. The third kappa shape index (κ3) is 7.55. The Morgan fingerprint density at radius 3 is 1.90 bits per heavy atom. The molecule has 2 N–H and O–H groups in total. The van der Waals surface area contributed by atoms with Crippen molar-refractivity contribution < 1.29 is 20.4 Å². The fourth-order valence-corrected chi connectivity index (χ4v) is 12.0. The molecule has 4 heteroatoms. The molecule has 0 aromatic heterocycles. The van der Waals surface area contributed by atoms with Crippen molar-refractivity contribution in [2.45, 2.75) is 80.8 Å². The van der Waals surface area contributed by atoms with Gasteiger partial charge >= 0.3 is 0 Å². The topological polar surface area (TPSA) is 29.3 Å². The zero-order valence-corrected chi connectivity index (χ0v) is 27.8. The third-order valence-electron chi connectivity index (χ3n) is 9.16. The van der Waals surface area contributed by atoms with Crippen LogP contribution in [0.1, 0.15) is 69.8 Å². The molecule has 0 aliphatic heterocycles. The Morgan fingerprint density at radius 2 is 1.33 bits per heavy atom. The maximum absolute atomic E-state index is 5.83. The van der Waals surface area contributed by atoms with Crippen LogP contribution in [0.4, 0.5) is 5.69 Å². The van der Waals surface area contributed by atoms with Gasteiger partial charge in [0.05, 0.1) is 5.28 Å². The second kappa shape index (κ2) is 16.2. The maximum Gasteiger partial charge on any atom is 0.0734 e. The van der Waals surface area contributed by atoms with E-state index in [1.165, 1.54) is 69.8 Å². The summed E-state index contributed by atoms with van der Waals surface area (Å²) >= 11 is 0. The summed E-state index contributed by atoms with van der Waals surface area (Å²) in [5.74, 6) is 0. The summed E-state index contributed by atoms with van der Waals surface area (Å²) in [5, 5.41) is 0.0788. The molecule has 1 unspecified atom stereocenters. The van der Waals surface area contributed by atoms with E-state index < -0.39 is 0 Å². The second-order valence-electron chi connectivity index (χ2n) is 12.0. The first-order valence-electron chi connectivity index (χ1n) is 15.7. The minimum Gasteiger partial charge on any atom is -0.398 e. The van der Waals surface area contributed by atoms with Gasteiger partial charge < -0.3 is 5.73 Å². The van der Waals surface area contributed by atoms with Crippen LogP contribution < -0.4 is 5.73 Å². The third-order valence-corrected chi connectivity index (χ3v) is 13.3. The van der Waals surface area contributed by atoms with Crippen LogP contribution in [-0.4, -0.2) is 35.6 Å². The Kier molecular flexibility index (Phi) is 12.7. The van der Waals surface area contributed by atoms with Crippen LogP contribution in [0.25, 0.3) is 16.7 Å². The summed E-state index contributed by atoms with van der Waals surface area (Å²) in [4.78, 5) is 2.59. The van der Waals surface area contributed by atoms with E-state index in [1.807, 2.05) is 48.5 Å². The molecule has 3 aromatic rings. The van der Waals surface area contributed by atoms with Crippen molar-refractivity contribution in [2.24, 2.45) is 0 Å². The molecule has 0 saturated heterocycles. The molecular formula is C38H47N2PPd. The van der Waals surface area contributed by atoms with Crippen LogP contribution in [-0.2, 0) is 20.4 Å². The Balaban J connectivity index is 0.000000243. The Labute approximate surface area is 270 Å². The Bertz CT molecular complexity index is 1260. The van der Waals surface area contributed by atoms with Crippen LogP contribution in [0.15, 0.2) is 97.1 Å². The van der Waals surface area contributed by atoms with E-state index in [0.717, 1.165) is 28.1 Å². The number of nitrogens with two attached hydrogens (primary N) is 1. The van der Waals surface area contributed by atoms with E-state index in [9.17, 15) is 0 Å². The van der Waals surface area contributed by atoms with Gasteiger partial charge in [-0.1, -0.05) is 137 Å². The smallest absolute Gasteiger partial charge is 0.0734 e. The Hall–Kier alpha value is -2.01. The number of para-hydroxylation sites is 1. The molecule has 2 fully saturated rings. The summed E-state index contributed by atoms with van der Waals surface area (Å²) in [7, 11) is 4.53. The molecule has 6 rings (SSSR count). The molecule has 2 saturated carbocycles. The summed E-state index contributed by atoms with van der Waals surface area (Å²) in [5.41, 5.74) is 13.5. The molecule has 0 bridgehead atoms. The standard InChI is InChI=1S/C26H37NP.C12H10N.Pd/c1-27(2)26(21-13-12-20-25(26)22-14-6-3-7-15-22)28(23-16-8-4-9-17-23)24-18-10-5-11-19-24;13-12-9-5-4-8-11(12)10-6-2-1-3-7-10;/h3,6-7,12-15,20-21,23-24H,4-5,8-11,16-19H2,1-2H3;1-6,8-9H,13H2;. The van der Waals surface area contributed by atoms with Crippen LogP contribution in [0, 0.1) is 12.5 Å². The van der Waals surface area contributed by atoms with Gasteiger partial charge in [0, 0.05) is 38.1 Å². The van der Waals surface area contributed by atoms with Crippen molar-refractivity contribution >= 4 is 19.2 Å². The predicted octanol–water partition coefficient (Wildman–Crippen LogP) is 9.98. The number of nitrogens with zero attached hydrogens (tertiary/aromatic N) is 1. The molecule has 2 radical (unpaired) electrons. The normalized spacial score (nSPS) is 21.3. The number of hydrogen-bond acceptors (Lipinski definition) is 2. The number of nitrogen functional groups attached to an aromatic ring is 1. The molecule has 0 spiro atoms. The SMILES string of the molecule is CN(C)C1(P(C2CCCCC2)C2CCCCC2)[CH]C=CC=C1c1ccccc1.Nc1ccccc1-c1[c]cccc1.[Pd]. The van der Waals surface area contributed by atoms with Gasteiger partial charge in [-0.2, -0.15) is 0 Å². The monoisotopic (exact) mass is 668 g/mol. The fraction of sp³-hybridized carbons (Fsp3) is 0.395. The van der Waals surface area contributed by atoms with E-state index >= 15 is 0 Å². The molecule has 0 heterocycles. The molecule has 0 amide bonds.